The van der Waals surface area contributed by atoms with E-state index in [4.69, 9.17) is 0 Å². The lowest BCUT2D eigenvalue weighted by atomic mass is 9.43. The van der Waals surface area contributed by atoms with Crippen LogP contribution in [0.5, 0.6) is 0 Å². The molecule has 4 saturated carbocycles. The van der Waals surface area contributed by atoms with Crippen LogP contribution in [0.2, 0.25) is 0 Å². The molecule has 4 fully saturated rings. The van der Waals surface area contributed by atoms with Crippen LogP contribution in [-0.2, 0) is 9.59 Å². The fourth-order valence-electron chi connectivity index (χ4n) is 7.92. The van der Waals surface area contributed by atoms with Gasteiger partial charge in [0.15, 0.2) is 5.78 Å². The molecule has 3 nitrogen and oxygen atoms in total. The topological polar surface area (TPSA) is 54.4 Å². The SMILES string of the molecule is C/C=C1/C(=O)C2C3CCC(CC(=O)O)C3(C)CCC2C2(C)CCCCC12.CC. The molecular weight excluding hydrogens is 348 g/mol. The first-order valence-electron chi connectivity index (χ1n) is 11.7. The Hall–Kier alpha value is -1.12. The molecule has 7 unspecified atom stereocenters. The summed E-state index contributed by atoms with van der Waals surface area (Å²) in [6, 6.07) is 0. The Morgan fingerprint density at radius 2 is 1.71 bits per heavy atom. The van der Waals surface area contributed by atoms with Gasteiger partial charge < -0.3 is 5.11 Å². The van der Waals surface area contributed by atoms with E-state index in [1.807, 2.05) is 20.8 Å². The molecule has 0 amide bonds. The van der Waals surface area contributed by atoms with Gasteiger partial charge in [0, 0.05) is 12.3 Å². The number of allylic oxidation sites excluding steroid dienone is 2. The minimum absolute atomic E-state index is 0.0337. The smallest absolute Gasteiger partial charge is 0.303 e. The highest BCUT2D eigenvalue weighted by Crippen LogP contribution is 2.67. The number of carboxylic acids is 1. The summed E-state index contributed by atoms with van der Waals surface area (Å²) >= 11 is 0. The summed E-state index contributed by atoms with van der Waals surface area (Å²) in [5.41, 5.74) is 1.41. The third kappa shape index (κ3) is 3.08. The molecule has 0 aromatic rings. The van der Waals surface area contributed by atoms with Crippen LogP contribution in [0.4, 0.5) is 0 Å². The summed E-state index contributed by atoms with van der Waals surface area (Å²) < 4.78 is 0. The predicted octanol–water partition coefficient (Wildman–Crippen LogP) is 6.27. The highest BCUT2D eigenvalue weighted by molar-refractivity contribution is 5.99. The predicted molar refractivity (Wildman–Crippen MR) is 113 cm³/mol. The molecule has 4 rings (SSSR count). The minimum atomic E-state index is -0.678. The van der Waals surface area contributed by atoms with Crippen LogP contribution in [0, 0.1) is 40.4 Å². The average Bonchev–Trinajstić information content (AvgIpc) is 3.00. The lowest BCUT2D eigenvalue weighted by Crippen LogP contribution is -2.57. The second kappa shape index (κ2) is 7.95. The number of carboxylic acid groups (broad SMARTS) is 1. The third-order valence-corrected chi connectivity index (χ3v) is 9.26. The number of hydrogen-bond donors (Lipinski definition) is 1. The number of rotatable bonds is 2. The standard InChI is InChI=1S/C23H34O3.C2H6/c1-4-15-16-7-5-6-11-23(16,3)18-10-12-22(2)14(13-19(24)25)8-9-17(22)20(18)21(15)26;1-2/h4,14,16-18,20H,5-13H2,1-3H3,(H,24,25);1-2H3/b15-4+;. The van der Waals surface area contributed by atoms with Gasteiger partial charge in [-0.2, -0.15) is 0 Å². The Morgan fingerprint density at radius 3 is 2.36 bits per heavy atom. The molecule has 0 aromatic carbocycles. The van der Waals surface area contributed by atoms with E-state index in [0.29, 0.717) is 23.5 Å². The van der Waals surface area contributed by atoms with Gasteiger partial charge in [-0.25, -0.2) is 0 Å². The molecule has 7 atom stereocenters. The van der Waals surface area contributed by atoms with E-state index < -0.39 is 5.97 Å². The highest BCUT2D eigenvalue weighted by atomic mass is 16.4. The van der Waals surface area contributed by atoms with Gasteiger partial charge in [0.2, 0.25) is 0 Å². The van der Waals surface area contributed by atoms with Crippen molar-refractivity contribution >= 4 is 11.8 Å². The van der Waals surface area contributed by atoms with Crippen molar-refractivity contribution in [1.82, 2.24) is 0 Å². The summed E-state index contributed by atoms with van der Waals surface area (Å²) in [4.78, 5) is 25.0. The molecule has 1 N–H and O–H groups in total. The number of hydrogen-bond acceptors (Lipinski definition) is 2. The number of Topliss-reactive ketones (excluding diaryl/α,β-unsaturated/α-hetero) is 1. The van der Waals surface area contributed by atoms with Crippen LogP contribution in [0.25, 0.3) is 0 Å². The van der Waals surface area contributed by atoms with Gasteiger partial charge in [-0.1, -0.05) is 46.6 Å². The fourth-order valence-corrected chi connectivity index (χ4v) is 7.92. The molecule has 0 bridgehead atoms. The number of aliphatic carboxylic acids is 1. The van der Waals surface area contributed by atoms with Gasteiger partial charge in [-0.05, 0) is 85.5 Å². The second-order valence-electron chi connectivity index (χ2n) is 10.1. The van der Waals surface area contributed by atoms with Crippen LogP contribution >= 0.6 is 0 Å². The monoisotopic (exact) mass is 388 g/mol. The van der Waals surface area contributed by atoms with Crippen LogP contribution in [-0.4, -0.2) is 16.9 Å². The molecule has 158 valence electrons. The Bertz CT molecular complexity index is 650. The molecule has 0 aromatic heterocycles. The molecular formula is C25H40O3. The first-order chi connectivity index (χ1) is 13.3. The molecule has 0 spiro atoms. The van der Waals surface area contributed by atoms with Gasteiger partial charge in [0.05, 0.1) is 0 Å². The maximum absolute atomic E-state index is 13.6. The zero-order valence-corrected chi connectivity index (χ0v) is 18.6. The molecule has 0 heterocycles. The third-order valence-electron chi connectivity index (χ3n) is 9.26. The van der Waals surface area contributed by atoms with Crippen molar-refractivity contribution in [3.05, 3.63) is 11.6 Å². The number of carbonyl (C=O) groups excluding carboxylic acids is 1. The summed E-state index contributed by atoms with van der Waals surface area (Å²) in [5.74, 6) is 1.47. The maximum Gasteiger partial charge on any atom is 0.303 e. The number of fused-ring (bicyclic) bond motifs is 5. The molecule has 28 heavy (non-hydrogen) atoms. The number of carbonyl (C=O) groups is 2. The molecule has 0 saturated heterocycles. The van der Waals surface area contributed by atoms with Crippen molar-refractivity contribution in [2.75, 3.05) is 0 Å². The minimum Gasteiger partial charge on any atom is -0.481 e. The Morgan fingerprint density at radius 1 is 1.04 bits per heavy atom. The molecule has 4 aliphatic carbocycles. The quantitative estimate of drug-likeness (QED) is 0.567. The van der Waals surface area contributed by atoms with Crippen molar-refractivity contribution < 1.29 is 14.7 Å². The average molecular weight is 389 g/mol. The van der Waals surface area contributed by atoms with E-state index >= 15 is 0 Å². The van der Waals surface area contributed by atoms with E-state index in [1.165, 1.54) is 25.7 Å². The Labute approximate surface area is 171 Å². The Balaban J connectivity index is 0.00000109. The van der Waals surface area contributed by atoms with Gasteiger partial charge in [-0.3, -0.25) is 9.59 Å². The van der Waals surface area contributed by atoms with Crippen LogP contribution < -0.4 is 0 Å². The molecule has 3 heteroatoms. The van der Waals surface area contributed by atoms with Gasteiger partial charge in [0.25, 0.3) is 0 Å². The van der Waals surface area contributed by atoms with Crippen molar-refractivity contribution in [2.45, 2.75) is 92.4 Å². The normalized spacial score (nSPS) is 46.1. The highest BCUT2D eigenvalue weighted by Gasteiger charge is 2.63. The zero-order valence-electron chi connectivity index (χ0n) is 18.6. The summed E-state index contributed by atoms with van der Waals surface area (Å²) in [5, 5.41) is 9.36. The first kappa shape index (κ1) is 21.6. The van der Waals surface area contributed by atoms with E-state index in [0.717, 1.165) is 31.3 Å². The maximum atomic E-state index is 13.6. The van der Waals surface area contributed by atoms with Crippen LogP contribution in [0.3, 0.4) is 0 Å². The van der Waals surface area contributed by atoms with E-state index in [1.54, 1.807) is 0 Å². The van der Waals surface area contributed by atoms with Gasteiger partial charge >= 0.3 is 5.97 Å². The summed E-state index contributed by atoms with van der Waals surface area (Å²) in [6.45, 7) is 10.8. The Kier molecular flexibility index (Phi) is 6.13. The van der Waals surface area contributed by atoms with Crippen molar-refractivity contribution in [3.63, 3.8) is 0 Å². The van der Waals surface area contributed by atoms with Crippen molar-refractivity contribution in [1.29, 1.82) is 0 Å². The second-order valence-corrected chi connectivity index (χ2v) is 10.1. The number of ketones is 1. The van der Waals surface area contributed by atoms with Crippen molar-refractivity contribution in [3.8, 4) is 0 Å². The van der Waals surface area contributed by atoms with E-state index in [9.17, 15) is 14.7 Å². The van der Waals surface area contributed by atoms with Crippen LogP contribution in [0.1, 0.15) is 92.4 Å². The fraction of sp³-hybridized carbons (Fsp3) is 0.840. The molecule has 0 radical (unpaired) electrons. The van der Waals surface area contributed by atoms with Gasteiger partial charge in [-0.15, -0.1) is 0 Å². The van der Waals surface area contributed by atoms with Gasteiger partial charge in [0.1, 0.15) is 0 Å². The van der Waals surface area contributed by atoms with Crippen LogP contribution in [0.15, 0.2) is 11.6 Å². The zero-order chi connectivity index (χ0) is 20.7. The lowest BCUT2D eigenvalue weighted by Gasteiger charge is -2.60. The van der Waals surface area contributed by atoms with E-state index in [2.05, 4.69) is 19.9 Å². The first-order valence-corrected chi connectivity index (χ1v) is 11.7. The summed E-state index contributed by atoms with van der Waals surface area (Å²) in [6.07, 6.45) is 11.6. The summed E-state index contributed by atoms with van der Waals surface area (Å²) in [7, 11) is 0. The van der Waals surface area contributed by atoms with Crippen molar-refractivity contribution in [2.24, 2.45) is 40.4 Å². The lowest BCUT2D eigenvalue weighted by molar-refractivity contribution is -0.147. The molecule has 4 aliphatic rings. The largest absolute Gasteiger partial charge is 0.481 e. The van der Waals surface area contributed by atoms with E-state index in [-0.39, 0.29) is 29.1 Å². The molecule has 0 aliphatic heterocycles.